The molecule has 0 spiro atoms. The first kappa shape index (κ1) is 33.6. The Labute approximate surface area is 255 Å². The van der Waals surface area contributed by atoms with Crippen molar-refractivity contribution in [1.29, 1.82) is 0 Å². The summed E-state index contributed by atoms with van der Waals surface area (Å²) in [5.41, 5.74) is -3.71. The number of hydrogen-bond donors (Lipinski definition) is 2. The molecule has 0 aromatic rings. The molecule has 4 saturated heterocycles. The number of halogens is 1. The van der Waals surface area contributed by atoms with E-state index in [9.17, 15) is 15.0 Å². The van der Waals surface area contributed by atoms with Gasteiger partial charge in [-0.1, -0.05) is 15.9 Å². The Morgan fingerprint density at radius 2 is 1.56 bits per heavy atom. The van der Waals surface area contributed by atoms with Crippen molar-refractivity contribution in [3.63, 3.8) is 0 Å². The molecule has 9 heteroatoms. The number of carbonyl (C=O) groups excluding carboxylic acids is 1. The topological polar surface area (TPSA) is 104 Å². The fourth-order valence-electron chi connectivity index (χ4n) is 7.70. The highest BCUT2D eigenvalue weighted by atomic mass is 79.9. The number of hydrogen-bond acceptors (Lipinski definition) is 8. The van der Waals surface area contributed by atoms with Crippen LogP contribution in [0, 0.1) is 0 Å². The smallest absolute Gasteiger partial charge is 0.303 e. The number of alkyl halides is 1. The van der Waals surface area contributed by atoms with E-state index in [2.05, 4.69) is 43.6 Å². The van der Waals surface area contributed by atoms with Crippen LogP contribution in [0.4, 0.5) is 0 Å². The predicted octanol–water partition coefficient (Wildman–Crippen LogP) is 5.75. The lowest BCUT2D eigenvalue weighted by molar-refractivity contribution is -0.301. The molecular formula is C32H55BrO8. The molecule has 2 N–H and O–H groups in total. The van der Waals surface area contributed by atoms with Crippen molar-refractivity contribution in [2.75, 3.05) is 0 Å². The monoisotopic (exact) mass is 646 g/mol. The SMILES string of the molecule is CC(=O)OC(C)(C)[C@H]1CC[C@](C)([C@H](O)CC[C@](C)(O)[C@H]2CC[C@@H]3O[C@H]([C@@]4(C)CC[C@H](Br)C(C)(C)O4)CC[C@@]3(C)O2)O1. The van der Waals surface area contributed by atoms with Gasteiger partial charge in [0.1, 0.15) is 5.60 Å². The van der Waals surface area contributed by atoms with Gasteiger partial charge < -0.3 is 33.9 Å². The molecule has 0 aromatic heterocycles. The number of carbonyl (C=O) groups is 1. The molecule has 4 fully saturated rings. The van der Waals surface area contributed by atoms with Crippen LogP contribution in [0.5, 0.6) is 0 Å². The van der Waals surface area contributed by atoms with Gasteiger partial charge in [-0.15, -0.1) is 0 Å². The zero-order chi connectivity index (χ0) is 30.6. The number of aliphatic hydroxyl groups is 2. The van der Waals surface area contributed by atoms with Gasteiger partial charge in [0.05, 0.1) is 58.5 Å². The van der Waals surface area contributed by atoms with Gasteiger partial charge in [-0.3, -0.25) is 4.79 Å². The van der Waals surface area contributed by atoms with Gasteiger partial charge in [0.2, 0.25) is 0 Å². The third-order valence-electron chi connectivity index (χ3n) is 10.7. The second-order valence-electron chi connectivity index (χ2n) is 15.2. The second-order valence-corrected chi connectivity index (χ2v) is 16.3. The normalized spacial score (nSPS) is 43.6. The van der Waals surface area contributed by atoms with Gasteiger partial charge in [0.15, 0.2) is 0 Å². The molecule has 4 aliphatic heterocycles. The van der Waals surface area contributed by atoms with Crippen molar-refractivity contribution in [3.8, 4) is 0 Å². The minimum atomic E-state index is -1.11. The molecule has 4 rings (SSSR count). The van der Waals surface area contributed by atoms with Crippen LogP contribution in [0.1, 0.15) is 127 Å². The summed E-state index contributed by atoms with van der Waals surface area (Å²) < 4.78 is 31.8. The van der Waals surface area contributed by atoms with E-state index in [-0.39, 0.29) is 41.6 Å². The van der Waals surface area contributed by atoms with Gasteiger partial charge in [-0.2, -0.15) is 0 Å². The van der Waals surface area contributed by atoms with Crippen LogP contribution in [0.25, 0.3) is 0 Å². The van der Waals surface area contributed by atoms with Crippen molar-refractivity contribution in [2.24, 2.45) is 0 Å². The van der Waals surface area contributed by atoms with Crippen LogP contribution in [-0.2, 0) is 28.5 Å². The number of aliphatic hydroxyl groups excluding tert-OH is 1. The molecule has 238 valence electrons. The number of fused-ring (bicyclic) bond motifs is 1. The van der Waals surface area contributed by atoms with Gasteiger partial charge in [-0.25, -0.2) is 0 Å². The summed E-state index contributed by atoms with van der Waals surface area (Å²) in [7, 11) is 0. The first-order valence-electron chi connectivity index (χ1n) is 15.7. The maximum Gasteiger partial charge on any atom is 0.303 e. The van der Waals surface area contributed by atoms with Crippen LogP contribution >= 0.6 is 15.9 Å². The summed E-state index contributed by atoms with van der Waals surface area (Å²) in [5, 5.41) is 22.8. The minimum Gasteiger partial charge on any atom is -0.457 e. The lowest BCUT2D eigenvalue weighted by atomic mass is 9.75. The van der Waals surface area contributed by atoms with Crippen LogP contribution in [0.15, 0.2) is 0 Å². The molecule has 0 radical (unpaired) electrons. The molecule has 8 nitrogen and oxygen atoms in total. The molecule has 10 atom stereocenters. The van der Waals surface area contributed by atoms with Crippen molar-refractivity contribution in [2.45, 2.75) is 195 Å². The highest BCUT2D eigenvalue weighted by Gasteiger charge is 2.55. The standard InChI is InChI=1S/C32H55BrO8/c1-20(34)38-28(4,5)23-14-18-30(7,39-23)22(35)13-16-29(6,36)24-10-11-25-31(8,40-24)19-15-26(37-25)32(9)17-12-21(33)27(2,3)41-32/h21-26,35-36H,10-19H2,1-9H3/t21-,22+,23+,24+,25-,26-,29-,30+,31+,32+/m0/s1. The first-order chi connectivity index (χ1) is 18.7. The molecule has 0 aliphatic carbocycles. The predicted molar refractivity (Wildman–Crippen MR) is 160 cm³/mol. The molecular weight excluding hydrogens is 592 g/mol. The minimum absolute atomic E-state index is 0.0115. The molecule has 0 amide bonds. The van der Waals surface area contributed by atoms with Gasteiger partial charge >= 0.3 is 5.97 Å². The Hall–Kier alpha value is -0.290. The van der Waals surface area contributed by atoms with Crippen LogP contribution < -0.4 is 0 Å². The lowest BCUT2D eigenvalue weighted by Crippen LogP contribution is -2.63. The molecule has 0 bridgehead atoms. The fourth-order valence-corrected chi connectivity index (χ4v) is 8.02. The highest BCUT2D eigenvalue weighted by molar-refractivity contribution is 9.09. The van der Waals surface area contributed by atoms with E-state index in [1.807, 2.05) is 27.7 Å². The quantitative estimate of drug-likeness (QED) is 0.254. The molecule has 41 heavy (non-hydrogen) atoms. The van der Waals surface area contributed by atoms with Crippen LogP contribution in [0.3, 0.4) is 0 Å². The average Bonchev–Trinajstić information content (AvgIpc) is 3.27. The summed E-state index contributed by atoms with van der Waals surface area (Å²) in [5.74, 6) is -0.348. The van der Waals surface area contributed by atoms with E-state index in [4.69, 9.17) is 23.7 Å². The highest BCUT2D eigenvalue weighted by Crippen LogP contribution is 2.49. The zero-order valence-corrected chi connectivity index (χ0v) is 28.3. The van der Waals surface area contributed by atoms with Gasteiger partial charge in [-0.05, 0) is 120 Å². The molecule has 0 saturated carbocycles. The largest absolute Gasteiger partial charge is 0.457 e. The summed E-state index contributed by atoms with van der Waals surface area (Å²) in [6.07, 6.45) is 5.85. The second kappa shape index (κ2) is 11.6. The summed E-state index contributed by atoms with van der Waals surface area (Å²) in [6.45, 7) is 17.4. The Kier molecular flexibility index (Phi) is 9.48. The van der Waals surface area contributed by atoms with Crippen LogP contribution in [-0.4, -0.2) is 85.1 Å². The number of ether oxygens (including phenoxy) is 5. The zero-order valence-electron chi connectivity index (χ0n) is 26.8. The summed E-state index contributed by atoms with van der Waals surface area (Å²) in [4.78, 5) is 11.9. The fraction of sp³-hybridized carbons (Fsp3) is 0.969. The van der Waals surface area contributed by atoms with E-state index in [1.165, 1.54) is 6.92 Å². The van der Waals surface area contributed by atoms with Crippen molar-refractivity contribution >= 4 is 21.9 Å². The van der Waals surface area contributed by atoms with E-state index in [0.717, 1.165) is 32.1 Å². The van der Waals surface area contributed by atoms with E-state index < -0.39 is 28.5 Å². The molecule has 0 unspecified atom stereocenters. The average molecular weight is 648 g/mol. The van der Waals surface area contributed by atoms with Gasteiger partial charge in [0, 0.05) is 11.8 Å². The third kappa shape index (κ3) is 7.02. The maximum atomic E-state index is 11.6. The number of rotatable bonds is 8. The van der Waals surface area contributed by atoms with Crippen molar-refractivity contribution < 1.29 is 38.7 Å². The Bertz CT molecular complexity index is 954. The van der Waals surface area contributed by atoms with Crippen LogP contribution in [0.2, 0.25) is 0 Å². The van der Waals surface area contributed by atoms with E-state index >= 15 is 0 Å². The Morgan fingerprint density at radius 1 is 0.927 bits per heavy atom. The molecule has 4 aliphatic rings. The van der Waals surface area contributed by atoms with Crippen molar-refractivity contribution in [1.82, 2.24) is 0 Å². The van der Waals surface area contributed by atoms with E-state index in [0.29, 0.717) is 36.9 Å². The Morgan fingerprint density at radius 3 is 2.20 bits per heavy atom. The lowest BCUT2D eigenvalue weighted by Gasteiger charge is -2.56. The van der Waals surface area contributed by atoms with Crippen molar-refractivity contribution in [3.05, 3.63) is 0 Å². The number of esters is 1. The first-order valence-corrected chi connectivity index (χ1v) is 16.6. The van der Waals surface area contributed by atoms with E-state index in [1.54, 1.807) is 0 Å². The Balaban J connectivity index is 1.32. The maximum absolute atomic E-state index is 11.6. The van der Waals surface area contributed by atoms with Gasteiger partial charge in [0.25, 0.3) is 0 Å². The molecule has 0 aromatic carbocycles. The summed E-state index contributed by atoms with van der Waals surface area (Å²) >= 11 is 3.79. The summed E-state index contributed by atoms with van der Waals surface area (Å²) in [6, 6.07) is 0. The third-order valence-corrected chi connectivity index (χ3v) is 12.2. The molecule has 4 heterocycles.